The second-order valence-electron chi connectivity index (χ2n) is 4.90. The molecule has 0 aromatic heterocycles. The van der Waals surface area contributed by atoms with Gasteiger partial charge in [0.05, 0.1) is 7.11 Å². The lowest BCUT2D eigenvalue weighted by atomic mass is 10.00. The Morgan fingerprint density at radius 2 is 2.06 bits per heavy atom. The van der Waals surface area contributed by atoms with Crippen molar-refractivity contribution in [2.45, 2.75) is 45.2 Å². The van der Waals surface area contributed by atoms with E-state index in [1.807, 2.05) is 0 Å². The number of methoxy groups -OCH3 is 1. The number of carbonyl (C=O) groups is 1. The predicted octanol–water partition coefficient (Wildman–Crippen LogP) is 0.916. The van der Waals surface area contributed by atoms with Crippen LogP contribution in [0.25, 0.3) is 0 Å². The van der Waals surface area contributed by atoms with Crippen LogP contribution < -0.4 is 10.6 Å². The number of rotatable bonds is 5. The summed E-state index contributed by atoms with van der Waals surface area (Å²) in [6, 6.07) is 0.303. The second kappa shape index (κ2) is 6.86. The molecule has 0 amide bonds. The molecule has 4 heteroatoms. The van der Waals surface area contributed by atoms with Crippen molar-refractivity contribution in [2.75, 3.05) is 20.2 Å². The molecular formula is C12H24N2O2. The van der Waals surface area contributed by atoms with Crippen LogP contribution in [0.5, 0.6) is 0 Å². The lowest BCUT2D eigenvalue weighted by molar-refractivity contribution is -0.143. The minimum absolute atomic E-state index is 0.132. The van der Waals surface area contributed by atoms with Crippen LogP contribution in [-0.2, 0) is 9.53 Å². The fourth-order valence-electron chi connectivity index (χ4n) is 2.12. The van der Waals surface area contributed by atoms with Crippen molar-refractivity contribution in [2.24, 2.45) is 5.92 Å². The summed E-state index contributed by atoms with van der Waals surface area (Å²) in [6.45, 7) is 6.32. The van der Waals surface area contributed by atoms with Crippen molar-refractivity contribution in [3.05, 3.63) is 0 Å². The van der Waals surface area contributed by atoms with Crippen LogP contribution in [0.2, 0.25) is 0 Å². The van der Waals surface area contributed by atoms with Crippen LogP contribution in [0.3, 0.4) is 0 Å². The highest BCUT2D eigenvalue weighted by atomic mass is 16.5. The third kappa shape index (κ3) is 4.49. The van der Waals surface area contributed by atoms with Crippen molar-refractivity contribution >= 4 is 5.97 Å². The van der Waals surface area contributed by atoms with E-state index in [1.54, 1.807) is 0 Å². The fourth-order valence-corrected chi connectivity index (χ4v) is 2.12. The maximum atomic E-state index is 11.6. The van der Waals surface area contributed by atoms with Gasteiger partial charge in [-0.15, -0.1) is 0 Å². The smallest absolute Gasteiger partial charge is 0.322 e. The summed E-state index contributed by atoms with van der Waals surface area (Å²) in [5.74, 6) is 0.366. The fraction of sp³-hybridized carbons (Fsp3) is 0.917. The first kappa shape index (κ1) is 13.5. The van der Waals surface area contributed by atoms with E-state index in [-0.39, 0.29) is 12.0 Å². The van der Waals surface area contributed by atoms with Crippen LogP contribution >= 0.6 is 0 Å². The van der Waals surface area contributed by atoms with Crippen LogP contribution in [-0.4, -0.2) is 38.3 Å². The van der Waals surface area contributed by atoms with E-state index >= 15 is 0 Å². The quantitative estimate of drug-likeness (QED) is 0.687. The summed E-state index contributed by atoms with van der Waals surface area (Å²) in [6.07, 6.45) is 3.02. The first-order chi connectivity index (χ1) is 7.63. The summed E-state index contributed by atoms with van der Waals surface area (Å²) >= 11 is 0. The minimum atomic E-state index is -0.145. The topological polar surface area (TPSA) is 50.4 Å². The van der Waals surface area contributed by atoms with E-state index in [4.69, 9.17) is 4.74 Å². The van der Waals surface area contributed by atoms with Crippen LogP contribution in [0, 0.1) is 5.92 Å². The van der Waals surface area contributed by atoms with Gasteiger partial charge in [-0.1, -0.05) is 13.8 Å². The van der Waals surface area contributed by atoms with Crippen molar-refractivity contribution in [3.63, 3.8) is 0 Å². The molecule has 1 atom stereocenters. The molecule has 1 rings (SSSR count). The Hall–Kier alpha value is -0.610. The molecule has 1 heterocycles. The molecule has 94 valence electrons. The summed E-state index contributed by atoms with van der Waals surface area (Å²) in [7, 11) is 1.46. The molecule has 1 fully saturated rings. The number of carbonyl (C=O) groups excluding carboxylic acids is 1. The highest BCUT2D eigenvalue weighted by Crippen LogP contribution is 2.10. The molecule has 0 aliphatic carbocycles. The van der Waals surface area contributed by atoms with Gasteiger partial charge in [0.25, 0.3) is 0 Å². The average Bonchev–Trinajstić information content (AvgIpc) is 2.28. The molecule has 0 radical (unpaired) electrons. The largest absolute Gasteiger partial charge is 0.468 e. The van der Waals surface area contributed by atoms with E-state index in [2.05, 4.69) is 24.5 Å². The van der Waals surface area contributed by atoms with Gasteiger partial charge in [-0.2, -0.15) is 0 Å². The van der Waals surface area contributed by atoms with Gasteiger partial charge in [-0.3, -0.25) is 4.79 Å². The highest BCUT2D eigenvalue weighted by Gasteiger charge is 2.24. The summed E-state index contributed by atoms with van der Waals surface area (Å²) in [5.41, 5.74) is 0. The number of piperidine rings is 1. The van der Waals surface area contributed by atoms with Crippen molar-refractivity contribution in [3.8, 4) is 0 Å². The Bertz CT molecular complexity index is 213. The summed E-state index contributed by atoms with van der Waals surface area (Å²) in [5, 5.41) is 6.74. The van der Waals surface area contributed by atoms with Gasteiger partial charge in [0, 0.05) is 6.04 Å². The average molecular weight is 228 g/mol. The Morgan fingerprint density at radius 1 is 1.44 bits per heavy atom. The number of nitrogens with one attached hydrogen (secondary N) is 2. The number of ether oxygens (including phenoxy) is 1. The molecule has 0 aromatic rings. The van der Waals surface area contributed by atoms with E-state index in [9.17, 15) is 4.79 Å². The van der Waals surface area contributed by atoms with Gasteiger partial charge in [0.15, 0.2) is 0 Å². The van der Waals surface area contributed by atoms with E-state index in [0.717, 1.165) is 32.4 Å². The van der Waals surface area contributed by atoms with Gasteiger partial charge >= 0.3 is 5.97 Å². The lowest BCUT2D eigenvalue weighted by Crippen LogP contribution is -2.48. The second-order valence-corrected chi connectivity index (χ2v) is 4.90. The van der Waals surface area contributed by atoms with Gasteiger partial charge in [0.2, 0.25) is 0 Å². The van der Waals surface area contributed by atoms with Gasteiger partial charge in [0.1, 0.15) is 6.04 Å². The zero-order valence-corrected chi connectivity index (χ0v) is 10.6. The first-order valence-electron chi connectivity index (χ1n) is 6.18. The molecular weight excluding hydrogens is 204 g/mol. The Kier molecular flexibility index (Phi) is 5.77. The van der Waals surface area contributed by atoms with E-state index in [1.165, 1.54) is 7.11 Å². The molecule has 2 N–H and O–H groups in total. The maximum Gasteiger partial charge on any atom is 0.322 e. The third-order valence-electron chi connectivity index (χ3n) is 2.97. The standard InChI is InChI=1S/C12H24N2O2/c1-9(2)8-11(12(15)16-3)14-10-4-6-13-7-5-10/h9-11,13-14H,4-8H2,1-3H3. The van der Waals surface area contributed by atoms with Gasteiger partial charge in [-0.05, 0) is 38.3 Å². The van der Waals surface area contributed by atoms with Crippen LogP contribution in [0.15, 0.2) is 0 Å². The minimum Gasteiger partial charge on any atom is -0.468 e. The number of hydrogen-bond acceptors (Lipinski definition) is 4. The monoisotopic (exact) mass is 228 g/mol. The number of esters is 1. The number of hydrogen-bond donors (Lipinski definition) is 2. The molecule has 0 bridgehead atoms. The molecule has 1 aliphatic rings. The third-order valence-corrected chi connectivity index (χ3v) is 2.97. The molecule has 1 aliphatic heterocycles. The predicted molar refractivity (Wildman–Crippen MR) is 64.3 cm³/mol. The molecule has 1 saturated heterocycles. The molecule has 0 saturated carbocycles. The van der Waals surface area contributed by atoms with Gasteiger partial charge < -0.3 is 15.4 Å². The normalized spacial score (nSPS) is 19.8. The molecule has 4 nitrogen and oxygen atoms in total. The van der Waals surface area contributed by atoms with Gasteiger partial charge in [-0.25, -0.2) is 0 Å². The van der Waals surface area contributed by atoms with E-state index in [0.29, 0.717) is 12.0 Å². The summed E-state index contributed by atoms with van der Waals surface area (Å²) < 4.78 is 4.84. The molecule has 16 heavy (non-hydrogen) atoms. The van der Waals surface area contributed by atoms with E-state index < -0.39 is 0 Å². The Balaban J connectivity index is 2.44. The molecule has 1 unspecified atom stereocenters. The van der Waals surface area contributed by atoms with Crippen molar-refractivity contribution in [1.82, 2.24) is 10.6 Å². The maximum absolute atomic E-state index is 11.6. The zero-order chi connectivity index (χ0) is 12.0. The SMILES string of the molecule is COC(=O)C(CC(C)C)NC1CCNCC1. The van der Waals surface area contributed by atoms with Crippen molar-refractivity contribution < 1.29 is 9.53 Å². The first-order valence-corrected chi connectivity index (χ1v) is 6.18. The zero-order valence-electron chi connectivity index (χ0n) is 10.6. The Labute approximate surface area is 98.1 Å². The lowest BCUT2D eigenvalue weighted by Gasteiger charge is -2.28. The summed E-state index contributed by atoms with van der Waals surface area (Å²) in [4.78, 5) is 11.6. The van der Waals surface area contributed by atoms with Crippen LogP contribution in [0.4, 0.5) is 0 Å². The molecule has 0 aromatic carbocycles. The molecule has 0 spiro atoms. The van der Waals surface area contributed by atoms with Crippen molar-refractivity contribution in [1.29, 1.82) is 0 Å². The Morgan fingerprint density at radius 3 is 2.56 bits per heavy atom. The van der Waals surface area contributed by atoms with Crippen LogP contribution in [0.1, 0.15) is 33.1 Å². The highest BCUT2D eigenvalue weighted by molar-refractivity contribution is 5.75.